The highest BCUT2D eigenvalue weighted by Crippen LogP contribution is 2.28. The Bertz CT molecular complexity index is 213. The van der Waals surface area contributed by atoms with Crippen LogP contribution < -0.4 is 11.5 Å². The second-order valence-electron chi connectivity index (χ2n) is 4.76. The maximum absolute atomic E-state index is 11.0. The van der Waals surface area contributed by atoms with Gasteiger partial charge in [-0.1, -0.05) is 12.8 Å². The van der Waals surface area contributed by atoms with E-state index in [2.05, 4.69) is 0 Å². The van der Waals surface area contributed by atoms with Gasteiger partial charge in [-0.3, -0.25) is 4.79 Å². The van der Waals surface area contributed by atoms with E-state index < -0.39 is 11.4 Å². The molecule has 0 bridgehead atoms. The lowest BCUT2D eigenvalue weighted by Crippen LogP contribution is -2.49. The molecule has 1 unspecified atom stereocenters. The van der Waals surface area contributed by atoms with Gasteiger partial charge >= 0.3 is 0 Å². The number of nitrogens with two attached hydrogens (primary N) is 2. The van der Waals surface area contributed by atoms with E-state index in [9.17, 15) is 4.79 Å². The molecule has 4 heteroatoms. The summed E-state index contributed by atoms with van der Waals surface area (Å²) in [6, 6.07) is 0. The molecule has 0 spiro atoms. The van der Waals surface area contributed by atoms with E-state index in [0.29, 0.717) is 6.42 Å². The molecule has 3 nitrogen and oxygen atoms in total. The van der Waals surface area contributed by atoms with Gasteiger partial charge in [-0.15, -0.1) is 0 Å². The summed E-state index contributed by atoms with van der Waals surface area (Å²) in [4.78, 5) is 11.0. The highest BCUT2D eigenvalue weighted by Gasteiger charge is 2.25. The number of rotatable bonds is 6. The van der Waals surface area contributed by atoms with Gasteiger partial charge in [0.05, 0.1) is 5.54 Å². The van der Waals surface area contributed by atoms with E-state index in [1.807, 2.05) is 11.8 Å². The largest absolute Gasteiger partial charge is 0.368 e. The van der Waals surface area contributed by atoms with Crippen molar-refractivity contribution in [2.75, 3.05) is 11.5 Å². The van der Waals surface area contributed by atoms with E-state index in [4.69, 9.17) is 11.5 Å². The van der Waals surface area contributed by atoms with Crippen LogP contribution in [0.2, 0.25) is 0 Å². The van der Waals surface area contributed by atoms with Gasteiger partial charge in [0.1, 0.15) is 0 Å². The highest BCUT2D eigenvalue weighted by molar-refractivity contribution is 7.99. The topological polar surface area (TPSA) is 69.1 Å². The molecule has 0 aliphatic heterocycles. The van der Waals surface area contributed by atoms with Crippen molar-refractivity contribution in [3.63, 3.8) is 0 Å². The molecular weight excluding hydrogens is 208 g/mol. The maximum atomic E-state index is 11.0. The summed E-state index contributed by atoms with van der Waals surface area (Å²) in [7, 11) is 0. The van der Waals surface area contributed by atoms with Crippen LogP contribution >= 0.6 is 11.8 Å². The predicted molar refractivity (Wildman–Crippen MR) is 65.7 cm³/mol. The van der Waals surface area contributed by atoms with Gasteiger partial charge in [0.15, 0.2) is 0 Å². The minimum absolute atomic E-state index is 0.399. The van der Waals surface area contributed by atoms with Gasteiger partial charge in [0.25, 0.3) is 0 Å². The predicted octanol–water partition coefficient (Wildman–Crippen LogP) is 1.50. The van der Waals surface area contributed by atoms with Crippen molar-refractivity contribution in [1.82, 2.24) is 0 Å². The molecule has 0 heterocycles. The first-order valence-corrected chi connectivity index (χ1v) is 6.84. The quantitative estimate of drug-likeness (QED) is 0.679. The van der Waals surface area contributed by atoms with Gasteiger partial charge in [0.2, 0.25) is 5.91 Å². The first-order chi connectivity index (χ1) is 7.02. The van der Waals surface area contributed by atoms with Gasteiger partial charge < -0.3 is 11.5 Å². The number of amides is 1. The molecule has 1 aliphatic carbocycles. The van der Waals surface area contributed by atoms with Crippen molar-refractivity contribution in [1.29, 1.82) is 0 Å². The molecule has 1 fully saturated rings. The summed E-state index contributed by atoms with van der Waals surface area (Å²) in [6.07, 6.45) is 6.22. The smallest absolute Gasteiger partial charge is 0.237 e. The standard InChI is InChI=1S/C11H22N2OS/c1-11(13,10(12)14)6-7-15-8-9-4-2-3-5-9/h9H,2-8,13H2,1H3,(H2,12,14). The number of carbonyl (C=O) groups excluding carboxylic acids is 1. The van der Waals surface area contributed by atoms with E-state index in [-0.39, 0.29) is 0 Å². The van der Waals surface area contributed by atoms with Crippen LogP contribution in [0.25, 0.3) is 0 Å². The summed E-state index contributed by atoms with van der Waals surface area (Å²) < 4.78 is 0. The van der Waals surface area contributed by atoms with E-state index in [0.717, 1.165) is 11.7 Å². The Kier molecular flexibility index (Phi) is 4.93. The zero-order chi connectivity index (χ0) is 11.3. The van der Waals surface area contributed by atoms with Crippen LogP contribution in [-0.4, -0.2) is 23.0 Å². The van der Waals surface area contributed by atoms with Crippen LogP contribution in [0.15, 0.2) is 0 Å². The number of carbonyl (C=O) groups is 1. The molecule has 1 amide bonds. The molecule has 4 N–H and O–H groups in total. The fourth-order valence-electron chi connectivity index (χ4n) is 1.83. The monoisotopic (exact) mass is 230 g/mol. The zero-order valence-electron chi connectivity index (χ0n) is 9.50. The lowest BCUT2D eigenvalue weighted by atomic mass is 10.0. The van der Waals surface area contributed by atoms with Crippen LogP contribution in [0.3, 0.4) is 0 Å². The fourth-order valence-corrected chi connectivity index (χ4v) is 3.24. The Balaban J connectivity index is 2.08. The molecule has 88 valence electrons. The summed E-state index contributed by atoms with van der Waals surface area (Å²) in [5.41, 5.74) is 10.1. The minimum atomic E-state index is -0.831. The number of thioether (sulfide) groups is 1. The summed E-state index contributed by atoms with van der Waals surface area (Å²) in [6.45, 7) is 1.71. The molecule has 0 aromatic carbocycles. The van der Waals surface area contributed by atoms with Crippen LogP contribution in [0.4, 0.5) is 0 Å². The molecule has 0 radical (unpaired) electrons. The average Bonchev–Trinajstić information content (AvgIpc) is 2.64. The van der Waals surface area contributed by atoms with Crippen LogP contribution in [0.1, 0.15) is 39.0 Å². The van der Waals surface area contributed by atoms with Crippen molar-refractivity contribution in [3.05, 3.63) is 0 Å². The Morgan fingerprint density at radius 3 is 2.60 bits per heavy atom. The van der Waals surface area contributed by atoms with E-state index in [1.54, 1.807) is 6.92 Å². The molecule has 0 aromatic rings. The van der Waals surface area contributed by atoms with Gasteiger partial charge in [0, 0.05) is 0 Å². The lowest BCUT2D eigenvalue weighted by Gasteiger charge is -2.20. The SMILES string of the molecule is CC(N)(CCSCC1CCCC1)C(N)=O. The van der Waals surface area contributed by atoms with Crippen molar-refractivity contribution in [2.45, 2.75) is 44.6 Å². The Morgan fingerprint density at radius 1 is 1.47 bits per heavy atom. The molecule has 15 heavy (non-hydrogen) atoms. The van der Waals surface area contributed by atoms with Gasteiger partial charge in [-0.2, -0.15) is 11.8 Å². The Labute approximate surface area is 96.3 Å². The van der Waals surface area contributed by atoms with Crippen molar-refractivity contribution < 1.29 is 4.79 Å². The van der Waals surface area contributed by atoms with Gasteiger partial charge in [-0.25, -0.2) is 0 Å². The normalized spacial score (nSPS) is 21.5. The van der Waals surface area contributed by atoms with Crippen LogP contribution in [0, 0.1) is 5.92 Å². The fraction of sp³-hybridized carbons (Fsp3) is 0.909. The van der Waals surface area contributed by atoms with Crippen LogP contribution in [0.5, 0.6) is 0 Å². The number of primary amides is 1. The number of hydrogen-bond donors (Lipinski definition) is 2. The average molecular weight is 230 g/mol. The summed E-state index contributed by atoms with van der Waals surface area (Å²) in [5.74, 6) is 2.65. The van der Waals surface area contributed by atoms with E-state index >= 15 is 0 Å². The molecule has 0 aromatic heterocycles. The number of hydrogen-bond acceptors (Lipinski definition) is 3. The van der Waals surface area contributed by atoms with Crippen molar-refractivity contribution >= 4 is 17.7 Å². The first-order valence-electron chi connectivity index (χ1n) is 5.69. The highest BCUT2D eigenvalue weighted by atomic mass is 32.2. The molecule has 1 rings (SSSR count). The minimum Gasteiger partial charge on any atom is -0.368 e. The Morgan fingerprint density at radius 2 is 2.07 bits per heavy atom. The third-order valence-corrected chi connectivity index (χ3v) is 4.36. The van der Waals surface area contributed by atoms with Crippen LogP contribution in [-0.2, 0) is 4.79 Å². The molecule has 1 atom stereocenters. The molecular formula is C11H22N2OS. The second-order valence-corrected chi connectivity index (χ2v) is 5.91. The molecule has 1 aliphatic rings. The zero-order valence-corrected chi connectivity index (χ0v) is 10.3. The molecule has 0 saturated heterocycles. The maximum Gasteiger partial charge on any atom is 0.237 e. The second kappa shape index (κ2) is 5.75. The Hall–Kier alpha value is -0.220. The third kappa shape index (κ3) is 4.43. The van der Waals surface area contributed by atoms with Gasteiger partial charge in [-0.05, 0) is 43.6 Å². The van der Waals surface area contributed by atoms with Crippen molar-refractivity contribution in [2.24, 2.45) is 17.4 Å². The molecule has 1 saturated carbocycles. The lowest BCUT2D eigenvalue weighted by molar-refractivity contribution is -0.122. The summed E-state index contributed by atoms with van der Waals surface area (Å²) >= 11 is 1.91. The third-order valence-electron chi connectivity index (χ3n) is 3.16. The van der Waals surface area contributed by atoms with Crippen molar-refractivity contribution in [3.8, 4) is 0 Å². The van der Waals surface area contributed by atoms with E-state index in [1.165, 1.54) is 31.4 Å². The first kappa shape index (κ1) is 12.8. The summed E-state index contributed by atoms with van der Waals surface area (Å²) in [5, 5.41) is 0.